The van der Waals surface area contributed by atoms with Crippen LogP contribution in [-0.4, -0.2) is 22.8 Å². The van der Waals surface area contributed by atoms with Crippen molar-refractivity contribution in [3.8, 4) is 22.7 Å². The van der Waals surface area contributed by atoms with Crippen molar-refractivity contribution in [3.05, 3.63) is 66.4 Å². The quantitative estimate of drug-likeness (QED) is 0.804. The first-order valence-corrected chi connectivity index (χ1v) is 6.79. The third-order valence-corrected chi connectivity index (χ3v) is 3.36. The minimum Gasteiger partial charge on any atom is -0.496 e. The van der Waals surface area contributed by atoms with E-state index < -0.39 is 5.91 Å². The fourth-order valence-electron chi connectivity index (χ4n) is 2.31. The van der Waals surface area contributed by atoms with Gasteiger partial charge in [-0.2, -0.15) is 5.10 Å². The molecule has 1 amide bonds. The second kappa shape index (κ2) is 5.73. The molecule has 22 heavy (non-hydrogen) atoms. The van der Waals surface area contributed by atoms with Crippen LogP contribution in [0.3, 0.4) is 0 Å². The molecule has 0 aliphatic heterocycles. The van der Waals surface area contributed by atoms with Crippen molar-refractivity contribution < 1.29 is 9.53 Å². The largest absolute Gasteiger partial charge is 0.496 e. The summed E-state index contributed by atoms with van der Waals surface area (Å²) in [6, 6.07) is 16.9. The Hall–Kier alpha value is -3.08. The van der Waals surface area contributed by atoms with Gasteiger partial charge in [0.25, 0.3) is 5.91 Å². The number of ether oxygens (including phenoxy) is 1. The van der Waals surface area contributed by atoms with Crippen LogP contribution in [-0.2, 0) is 0 Å². The van der Waals surface area contributed by atoms with Crippen LogP contribution in [0.1, 0.15) is 10.4 Å². The molecule has 5 nitrogen and oxygen atoms in total. The first kappa shape index (κ1) is 13.9. The minimum absolute atomic E-state index is 0.355. The number of nitrogens with zero attached hydrogens (tertiary/aromatic N) is 2. The Bertz CT molecular complexity index is 810. The van der Waals surface area contributed by atoms with Crippen LogP contribution in [0.5, 0.6) is 5.75 Å². The number of methoxy groups -OCH3 is 1. The lowest BCUT2D eigenvalue weighted by Gasteiger charge is -2.06. The third kappa shape index (κ3) is 2.44. The Labute approximate surface area is 127 Å². The van der Waals surface area contributed by atoms with Gasteiger partial charge in [-0.15, -0.1) is 0 Å². The summed E-state index contributed by atoms with van der Waals surface area (Å²) in [5.41, 5.74) is 7.95. The first-order chi connectivity index (χ1) is 10.7. The van der Waals surface area contributed by atoms with Crippen LogP contribution in [0, 0.1) is 0 Å². The van der Waals surface area contributed by atoms with Crippen molar-refractivity contribution in [1.29, 1.82) is 0 Å². The maximum atomic E-state index is 11.8. The summed E-state index contributed by atoms with van der Waals surface area (Å²) in [6.45, 7) is 0. The lowest BCUT2D eigenvalue weighted by Crippen LogP contribution is -2.11. The smallest absolute Gasteiger partial charge is 0.252 e. The molecule has 0 atom stereocenters. The monoisotopic (exact) mass is 293 g/mol. The second-order valence-electron chi connectivity index (χ2n) is 4.74. The summed E-state index contributed by atoms with van der Waals surface area (Å²) >= 11 is 0. The molecule has 0 aliphatic rings. The summed E-state index contributed by atoms with van der Waals surface area (Å²) in [6.07, 6.45) is 1.64. The first-order valence-electron chi connectivity index (χ1n) is 6.79. The highest BCUT2D eigenvalue weighted by atomic mass is 16.5. The SMILES string of the molecule is COc1ccccc1-c1nn(-c2ccccc2)cc1C(N)=O. The highest BCUT2D eigenvalue weighted by Crippen LogP contribution is 2.31. The van der Waals surface area contributed by atoms with E-state index in [9.17, 15) is 4.79 Å². The van der Waals surface area contributed by atoms with Gasteiger partial charge in [0.2, 0.25) is 0 Å². The van der Waals surface area contributed by atoms with Gasteiger partial charge in [-0.05, 0) is 24.3 Å². The van der Waals surface area contributed by atoms with E-state index in [1.807, 2.05) is 54.6 Å². The van der Waals surface area contributed by atoms with Gasteiger partial charge < -0.3 is 10.5 Å². The predicted molar refractivity (Wildman–Crippen MR) is 84.1 cm³/mol. The summed E-state index contributed by atoms with van der Waals surface area (Å²) in [7, 11) is 1.58. The number of primary amides is 1. The Balaban J connectivity index is 2.19. The van der Waals surface area contributed by atoms with Crippen LogP contribution in [0.4, 0.5) is 0 Å². The molecule has 2 N–H and O–H groups in total. The van der Waals surface area contributed by atoms with Crippen LogP contribution < -0.4 is 10.5 Å². The zero-order valence-corrected chi connectivity index (χ0v) is 12.1. The van der Waals surface area contributed by atoms with Crippen molar-refractivity contribution in [2.75, 3.05) is 7.11 Å². The highest BCUT2D eigenvalue weighted by Gasteiger charge is 2.19. The van der Waals surface area contributed by atoms with E-state index in [-0.39, 0.29) is 0 Å². The van der Waals surface area contributed by atoms with Gasteiger partial charge in [-0.3, -0.25) is 4.79 Å². The molecule has 5 heteroatoms. The fourth-order valence-corrected chi connectivity index (χ4v) is 2.31. The van der Waals surface area contributed by atoms with Crippen molar-refractivity contribution >= 4 is 5.91 Å². The third-order valence-electron chi connectivity index (χ3n) is 3.36. The molecule has 0 aliphatic carbocycles. The minimum atomic E-state index is -0.525. The van der Waals surface area contributed by atoms with Gasteiger partial charge in [0, 0.05) is 11.8 Å². The van der Waals surface area contributed by atoms with Gasteiger partial charge in [0.05, 0.1) is 18.4 Å². The Morgan fingerprint density at radius 1 is 1.09 bits per heavy atom. The molecule has 0 spiro atoms. The number of aromatic nitrogens is 2. The van der Waals surface area contributed by atoms with Gasteiger partial charge in [0.1, 0.15) is 11.4 Å². The zero-order valence-electron chi connectivity index (χ0n) is 12.1. The van der Waals surface area contributed by atoms with Crippen LogP contribution in [0.15, 0.2) is 60.8 Å². The van der Waals surface area contributed by atoms with Gasteiger partial charge in [0.15, 0.2) is 0 Å². The molecule has 0 saturated heterocycles. The number of nitrogens with two attached hydrogens (primary N) is 1. The standard InChI is InChI=1S/C17H15N3O2/c1-22-15-10-6-5-9-13(15)16-14(17(18)21)11-20(19-16)12-7-3-2-4-8-12/h2-11H,1H3,(H2,18,21). The molecular weight excluding hydrogens is 278 g/mol. The molecule has 0 bridgehead atoms. The van der Waals surface area contributed by atoms with Crippen molar-refractivity contribution in [3.63, 3.8) is 0 Å². The number of amides is 1. The summed E-state index contributed by atoms with van der Waals surface area (Å²) in [5, 5.41) is 4.52. The molecule has 3 rings (SSSR count). The normalized spacial score (nSPS) is 10.4. The van der Waals surface area contributed by atoms with E-state index in [4.69, 9.17) is 10.5 Å². The van der Waals surface area contributed by atoms with E-state index in [1.165, 1.54) is 0 Å². The number of para-hydroxylation sites is 2. The Morgan fingerprint density at radius 2 is 1.77 bits per heavy atom. The van der Waals surface area contributed by atoms with E-state index >= 15 is 0 Å². The van der Waals surface area contributed by atoms with E-state index in [0.717, 1.165) is 11.3 Å². The molecule has 110 valence electrons. The van der Waals surface area contributed by atoms with E-state index in [0.29, 0.717) is 17.0 Å². The highest BCUT2D eigenvalue weighted by molar-refractivity contribution is 5.99. The van der Waals surface area contributed by atoms with Gasteiger partial charge >= 0.3 is 0 Å². The number of hydrogen-bond acceptors (Lipinski definition) is 3. The Kier molecular flexibility index (Phi) is 3.62. The van der Waals surface area contributed by atoms with E-state index in [1.54, 1.807) is 18.0 Å². The number of carbonyl (C=O) groups excluding carboxylic acids is 1. The van der Waals surface area contributed by atoms with Crippen LogP contribution in [0.2, 0.25) is 0 Å². The zero-order chi connectivity index (χ0) is 15.5. The molecule has 0 fully saturated rings. The number of benzene rings is 2. The molecule has 0 saturated carbocycles. The number of hydrogen-bond donors (Lipinski definition) is 1. The van der Waals surface area contributed by atoms with E-state index in [2.05, 4.69) is 5.10 Å². The van der Waals surface area contributed by atoms with Gasteiger partial charge in [-0.25, -0.2) is 4.68 Å². The maximum Gasteiger partial charge on any atom is 0.252 e. The summed E-state index contributed by atoms with van der Waals surface area (Å²) in [5.74, 6) is 0.117. The molecule has 3 aromatic rings. The van der Waals surface area contributed by atoms with Crippen molar-refractivity contribution in [1.82, 2.24) is 9.78 Å². The lowest BCUT2D eigenvalue weighted by atomic mass is 10.1. The van der Waals surface area contributed by atoms with Gasteiger partial charge in [-0.1, -0.05) is 30.3 Å². The fraction of sp³-hybridized carbons (Fsp3) is 0.0588. The average molecular weight is 293 g/mol. The molecule has 2 aromatic carbocycles. The van der Waals surface area contributed by atoms with Crippen molar-refractivity contribution in [2.24, 2.45) is 5.73 Å². The topological polar surface area (TPSA) is 70.1 Å². The molecule has 1 aromatic heterocycles. The Morgan fingerprint density at radius 3 is 2.45 bits per heavy atom. The second-order valence-corrected chi connectivity index (χ2v) is 4.74. The molecular formula is C17H15N3O2. The van der Waals surface area contributed by atoms with Crippen LogP contribution >= 0.6 is 0 Å². The summed E-state index contributed by atoms with van der Waals surface area (Å²) < 4.78 is 6.99. The lowest BCUT2D eigenvalue weighted by molar-refractivity contribution is 0.100. The number of carbonyl (C=O) groups is 1. The summed E-state index contributed by atoms with van der Waals surface area (Å²) in [4.78, 5) is 11.8. The molecule has 0 radical (unpaired) electrons. The number of rotatable bonds is 4. The molecule has 1 heterocycles. The van der Waals surface area contributed by atoms with Crippen molar-refractivity contribution in [2.45, 2.75) is 0 Å². The average Bonchev–Trinajstić information content (AvgIpc) is 3.01. The van der Waals surface area contributed by atoms with Crippen LogP contribution in [0.25, 0.3) is 16.9 Å². The predicted octanol–water partition coefficient (Wildman–Crippen LogP) is 2.65. The maximum absolute atomic E-state index is 11.8. The molecule has 0 unspecified atom stereocenters.